The number of aromatic hydroxyl groups is 1. The minimum atomic E-state index is -0.588. The van der Waals surface area contributed by atoms with Crippen molar-refractivity contribution in [3.05, 3.63) is 89.0 Å². The van der Waals surface area contributed by atoms with Gasteiger partial charge in [-0.15, -0.1) is 0 Å². The van der Waals surface area contributed by atoms with Gasteiger partial charge in [0.15, 0.2) is 11.5 Å². The van der Waals surface area contributed by atoms with Gasteiger partial charge in [-0.1, -0.05) is 35.4 Å². The summed E-state index contributed by atoms with van der Waals surface area (Å²) in [6.45, 7) is 3.83. The van der Waals surface area contributed by atoms with Gasteiger partial charge >= 0.3 is 11.9 Å². The lowest BCUT2D eigenvalue weighted by Crippen LogP contribution is -2.10. The maximum Gasteiger partial charge on any atom is 0.343 e. The number of carbonyl (C=O) groups excluding carboxylic acids is 2. The Bertz CT molecular complexity index is 973. The van der Waals surface area contributed by atoms with Gasteiger partial charge < -0.3 is 14.6 Å². The van der Waals surface area contributed by atoms with Gasteiger partial charge in [0.2, 0.25) is 0 Å². The number of benzene rings is 3. The summed E-state index contributed by atoms with van der Waals surface area (Å²) < 4.78 is 10.4. The highest BCUT2D eigenvalue weighted by Crippen LogP contribution is 2.31. The minimum absolute atomic E-state index is 0.0179. The van der Waals surface area contributed by atoms with Gasteiger partial charge in [0, 0.05) is 6.07 Å². The summed E-state index contributed by atoms with van der Waals surface area (Å²) in [5.74, 6) is -1.30. The van der Waals surface area contributed by atoms with E-state index < -0.39 is 11.9 Å². The molecule has 0 amide bonds. The lowest BCUT2D eigenvalue weighted by molar-refractivity contribution is 0.0715. The van der Waals surface area contributed by atoms with Crippen LogP contribution in [0.5, 0.6) is 17.2 Å². The number of carbonyl (C=O) groups is 2. The number of aryl methyl sites for hydroxylation is 2. The highest BCUT2D eigenvalue weighted by Gasteiger charge is 2.14. The van der Waals surface area contributed by atoms with Crippen molar-refractivity contribution >= 4 is 11.9 Å². The van der Waals surface area contributed by atoms with Crippen molar-refractivity contribution in [1.82, 2.24) is 0 Å². The fourth-order valence-corrected chi connectivity index (χ4v) is 2.35. The smallest absolute Gasteiger partial charge is 0.343 e. The molecule has 0 aliphatic carbocycles. The molecule has 3 aromatic carbocycles. The third-order valence-corrected chi connectivity index (χ3v) is 3.92. The second-order valence-electron chi connectivity index (χ2n) is 6.14. The first-order valence-electron chi connectivity index (χ1n) is 8.33. The number of ether oxygens (including phenoxy) is 2. The molecule has 0 fully saturated rings. The Balaban J connectivity index is 1.69. The summed E-state index contributed by atoms with van der Waals surface area (Å²) in [6, 6.07) is 17.9. The van der Waals surface area contributed by atoms with E-state index in [2.05, 4.69) is 0 Å². The lowest BCUT2D eigenvalue weighted by atomic mass is 10.1. The molecule has 1 N–H and O–H groups in total. The van der Waals surface area contributed by atoms with Crippen LogP contribution in [0.3, 0.4) is 0 Å². The van der Waals surface area contributed by atoms with E-state index in [4.69, 9.17) is 9.47 Å². The molecule has 0 aromatic heterocycles. The number of rotatable bonds is 4. The van der Waals surface area contributed by atoms with Gasteiger partial charge in [0.1, 0.15) is 5.75 Å². The van der Waals surface area contributed by atoms with Crippen LogP contribution in [0, 0.1) is 13.8 Å². The standard InChI is InChI=1S/C22H18O5/c1-14-3-7-16(8-4-14)21(24)26-18-11-12-20(19(23)13-18)27-22(25)17-9-5-15(2)6-10-17/h3-13,23H,1-2H3. The first-order chi connectivity index (χ1) is 12.9. The van der Waals surface area contributed by atoms with Crippen molar-refractivity contribution in [2.45, 2.75) is 13.8 Å². The Labute approximate surface area is 156 Å². The monoisotopic (exact) mass is 362 g/mol. The molecule has 0 aliphatic heterocycles. The van der Waals surface area contributed by atoms with Crippen LogP contribution in [-0.2, 0) is 0 Å². The number of phenolic OH excluding ortho intramolecular Hbond substituents is 1. The average Bonchev–Trinajstić information content (AvgIpc) is 2.65. The molecule has 0 bridgehead atoms. The highest BCUT2D eigenvalue weighted by molar-refractivity contribution is 5.92. The molecule has 3 aromatic rings. The van der Waals surface area contributed by atoms with Gasteiger partial charge in [-0.2, -0.15) is 0 Å². The molecule has 0 heterocycles. The second-order valence-corrected chi connectivity index (χ2v) is 6.14. The Morgan fingerprint density at radius 2 is 1.19 bits per heavy atom. The summed E-state index contributed by atoms with van der Waals surface area (Å²) in [7, 11) is 0. The third-order valence-electron chi connectivity index (χ3n) is 3.92. The predicted octanol–water partition coefficient (Wildman–Crippen LogP) is 4.45. The average molecular weight is 362 g/mol. The Hall–Kier alpha value is -3.60. The predicted molar refractivity (Wildman–Crippen MR) is 100 cm³/mol. The SMILES string of the molecule is Cc1ccc(C(=O)Oc2ccc(OC(=O)c3ccc(C)cc3)c(O)c2)cc1. The maximum atomic E-state index is 12.1. The van der Waals surface area contributed by atoms with Crippen LogP contribution >= 0.6 is 0 Å². The van der Waals surface area contributed by atoms with Crippen molar-refractivity contribution < 1.29 is 24.2 Å². The van der Waals surface area contributed by atoms with E-state index in [-0.39, 0.29) is 17.2 Å². The quantitative estimate of drug-likeness (QED) is 0.548. The molecule has 5 nitrogen and oxygen atoms in total. The van der Waals surface area contributed by atoms with E-state index in [0.717, 1.165) is 11.1 Å². The van der Waals surface area contributed by atoms with Crippen LogP contribution in [0.4, 0.5) is 0 Å². The molecule has 0 radical (unpaired) electrons. The van der Waals surface area contributed by atoms with Crippen LogP contribution in [0.15, 0.2) is 66.7 Å². The van der Waals surface area contributed by atoms with Crippen molar-refractivity contribution in [3.63, 3.8) is 0 Å². The Morgan fingerprint density at radius 1 is 0.704 bits per heavy atom. The molecule has 0 saturated carbocycles. The van der Waals surface area contributed by atoms with E-state index in [1.807, 2.05) is 26.0 Å². The van der Waals surface area contributed by atoms with Gasteiger partial charge in [-0.3, -0.25) is 0 Å². The molecule has 3 rings (SSSR count). The van der Waals surface area contributed by atoms with Crippen LogP contribution < -0.4 is 9.47 Å². The Kier molecular flexibility index (Phi) is 5.22. The van der Waals surface area contributed by atoms with E-state index in [1.165, 1.54) is 18.2 Å². The molecule has 0 atom stereocenters. The largest absolute Gasteiger partial charge is 0.504 e. The summed E-state index contributed by atoms with van der Waals surface area (Å²) >= 11 is 0. The zero-order chi connectivity index (χ0) is 19.4. The number of esters is 2. The van der Waals surface area contributed by atoms with E-state index in [1.54, 1.807) is 36.4 Å². The summed E-state index contributed by atoms with van der Waals surface area (Å²) in [6.07, 6.45) is 0. The van der Waals surface area contributed by atoms with Crippen molar-refractivity contribution in [3.8, 4) is 17.2 Å². The zero-order valence-electron chi connectivity index (χ0n) is 14.9. The van der Waals surface area contributed by atoms with Crippen molar-refractivity contribution in [2.75, 3.05) is 0 Å². The number of phenols is 1. The highest BCUT2D eigenvalue weighted by atomic mass is 16.5. The van der Waals surface area contributed by atoms with Gasteiger partial charge in [-0.05, 0) is 50.2 Å². The Morgan fingerprint density at radius 3 is 1.67 bits per heavy atom. The molecular weight excluding hydrogens is 344 g/mol. The molecule has 0 aliphatic rings. The summed E-state index contributed by atoms with van der Waals surface area (Å²) in [5.41, 5.74) is 2.82. The molecule has 5 heteroatoms. The van der Waals surface area contributed by atoms with Crippen LogP contribution in [0.1, 0.15) is 31.8 Å². The first-order valence-corrected chi connectivity index (χ1v) is 8.33. The molecule has 0 saturated heterocycles. The molecular formula is C22H18O5. The van der Waals surface area contributed by atoms with Crippen LogP contribution in [0.2, 0.25) is 0 Å². The topological polar surface area (TPSA) is 72.8 Å². The summed E-state index contributed by atoms with van der Waals surface area (Å²) in [5, 5.41) is 10.1. The van der Waals surface area contributed by atoms with E-state index in [9.17, 15) is 14.7 Å². The third kappa shape index (κ3) is 4.52. The summed E-state index contributed by atoms with van der Waals surface area (Å²) in [4.78, 5) is 24.3. The number of hydrogen-bond donors (Lipinski definition) is 1. The van der Waals surface area contributed by atoms with Crippen molar-refractivity contribution in [1.29, 1.82) is 0 Å². The van der Waals surface area contributed by atoms with Crippen LogP contribution in [-0.4, -0.2) is 17.0 Å². The van der Waals surface area contributed by atoms with Crippen molar-refractivity contribution in [2.24, 2.45) is 0 Å². The molecule has 0 unspecified atom stereocenters. The van der Waals surface area contributed by atoms with Gasteiger partial charge in [0.25, 0.3) is 0 Å². The normalized spacial score (nSPS) is 10.3. The first kappa shape index (κ1) is 18.2. The second kappa shape index (κ2) is 7.74. The number of hydrogen-bond acceptors (Lipinski definition) is 5. The van der Waals surface area contributed by atoms with E-state index >= 15 is 0 Å². The van der Waals surface area contributed by atoms with Crippen LogP contribution in [0.25, 0.3) is 0 Å². The van der Waals surface area contributed by atoms with Gasteiger partial charge in [-0.25, -0.2) is 9.59 Å². The fraction of sp³-hybridized carbons (Fsp3) is 0.0909. The maximum absolute atomic E-state index is 12.1. The zero-order valence-corrected chi connectivity index (χ0v) is 14.9. The fourth-order valence-electron chi connectivity index (χ4n) is 2.35. The molecule has 0 spiro atoms. The minimum Gasteiger partial charge on any atom is -0.504 e. The molecule has 27 heavy (non-hydrogen) atoms. The van der Waals surface area contributed by atoms with E-state index in [0.29, 0.717) is 11.1 Å². The van der Waals surface area contributed by atoms with Gasteiger partial charge in [0.05, 0.1) is 11.1 Å². The molecule has 136 valence electrons. The lowest BCUT2D eigenvalue weighted by Gasteiger charge is -2.09.